The Bertz CT molecular complexity index is 1060. The van der Waals surface area contributed by atoms with Gasteiger partial charge < -0.3 is 14.8 Å². The third-order valence-corrected chi connectivity index (χ3v) is 3.81. The Labute approximate surface area is 137 Å². The van der Waals surface area contributed by atoms with E-state index in [1.165, 1.54) is 12.1 Å². The highest BCUT2D eigenvalue weighted by atomic mass is 16.3. The molecule has 118 valence electrons. The highest BCUT2D eigenvalue weighted by molar-refractivity contribution is 5.81. The molecule has 0 radical (unpaired) electrons. The van der Waals surface area contributed by atoms with Crippen LogP contribution in [0, 0.1) is 6.92 Å². The van der Waals surface area contributed by atoms with Gasteiger partial charge in [0.05, 0.1) is 17.5 Å². The van der Waals surface area contributed by atoms with Crippen LogP contribution in [0.15, 0.2) is 55.1 Å². The molecule has 2 aromatic carbocycles. The topological polar surface area (TPSA) is 84.1 Å². The van der Waals surface area contributed by atoms with Crippen LogP contribution in [0.5, 0.6) is 11.5 Å². The average molecular weight is 318 g/mol. The van der Waals surface area contributed by atoms with Gasteiger partial charge in [-0.15, -0.1) is 0 Å². The average Bonchev–Trinajstić information content (AvgIpc) is 3.03. The van der Waals surface area contributed by atoms with Crippen LogP contribution in [0.2, 0.25) is 0 Å². The molecule has 6 nitrogen and oxygen atoms in total. The summed E-state index contributed by atoms with van der Waals surface area (Å²) in [6.45, 7) is 1.94. The minimum absolute atomic E-state index is 0.167. The van der Waals surface area contributed by atoms with E-state index in [2.05, 4.69) is 15.0 Å². The molecule has 0 spiro atoms. The molecule has 6 heteroatoms. The number of hydrogen-bond donors (Lipinski definition) is 2. The zero-order valence-corrected chi connectivity index (χ0v) is 12.9. The minimum Gasteiger partial charge on any atom is -0.504 e. The lowest BCUT2D eigenvalue weighted by molar-refractivity contribution is 0.404. The Hall–Kier alpha value is -3.41. The summed E-state index contributed by atoms with van der Waals surface area (Å²) in [7, 11) is 0. The molecule has 4 rings (SSSR count). The number of imidazole rings is 1. The second kappa shape index (κ2) is 5.34. The first-order valence-electron chi connectivity index (χ1n) is 7.40. The van der Waals surface area contributed by atoms with E-state index in [4.69, 9.17) is 0 Å². The first kappa shape index (κ1) is 14.2. The van der Waals surface area contributed by atoms with Crippen molar-refractivity contribution in [1.29, 1.82) is 0 Å². The van der Waals surface area contributed by atoms with Gasteiger partial charge in [0.25, 0.3) is 0 Å². The summed E-state index contributed by atoms with van der Waals surface area (Å²) in [5.74, 6) is 0.130. The predicted octanol–water partition coefficient (Wildman–Crippen LogP) is 3.20. The van der Waals surface area contributed by atoms with E-state index in [9.17, 15) is 10.2 Å². The fourth-order valence-electron chi connectivity index (χ4n) is 2.55. The van der Waals surface area contributed by atoms with Crippen LogP contribution in [0.3, 0.4) is 0 Å². The Morgan fingerprint density at radius 3 is 2.58 bits per heavy atom. The molecule has 0 aliphatic heterocycles. The maximum atomic E-state index is 9.62. The summed E-state index contributed by atoms with van der Waals surface area (Å²) >= 11 is 0. The van der Waals surface area contributed by atoms with Crippen molar-refractivity contribution in [3.63, 3.8) is 0 Å². The second-order valence-electron chi connectivity index (χ2n) is 5.56. The summed E-state index contributed by atoms with van der Waals surface area (Å²) < 4.78 is 1.95. The summed E-state index contributed by atoms with van der Waals surface area (Å²) in [6, 6.07) is 10.4. The number of phenolic OH excluding ortho intramolecular Hbond substituents is 2. The number of aryl methyl sites for hydroxylation is 1. The monoisotopic (exact) mass is 318 g/mol. The normalized spacial score (nSPS) is 11.0. The fourth-order valence-corrected chi connectivity index (χ4v) is 2.55. The van der Waals surface area contributed by atoms with Gasteiger partial charge in [-0.05, 0) is 43.3 Å². The molecule has 0 saturated heterocycles. The van der Waals surface area contributed by atoms with Crippen LogP contribution in [0.25, 0.3) is 28.0 Å². The molecule has 0 aliphatic rings. The molecule has 2 aromatic heterocycles. The maximum Gasteiger partial charge on any atom is 0.159 e. The molecule has 4 aromatic rings. The van der Waals surface area contributed by atoms with Gasteiger partial charge in [0.15, 0.2) is 17.3 Å². The van der Waals surface area contributed by atoms with E-state index >= 15 is 0 Å². The van der Waals surface area contributed by atoms with Crippen molar-refractivity contribution >= 4 is 10.9 Å². The quantitative estimate of drug-likeness (QED) is 0.554. The summed E-state index contributed by atoms with van der Waals surface area (Å²) in [4.78, 5) is 13.1. The van der Waals surface area contributed by atoms with Gasteiger partial charge >= 0.3 is 0 Å². The third kappa shape index (κ3) is 2.44. The molecule has 0 fully saturated rings. The molecule has 24 heavy (non-hydrogen) atoms. The van der Waals surface area contributed by atoms with Gasteiger partial charge in [-0.3, -0.25) is 0 Å². The lowest BCUT2D eigenvalue weighted by Crippen LogP contribution is -1.93. The molecule has 0 atom stereocenters. The maximum absolute atomic E-state index is 9.62. The Morgan fingerprint density at radius 1 is 0.958 bits per heavy atom. The van der Waals surface area contributed by atoms with E-state index in [0.717, 1.165) is 22.3 Å². The van der Waals surface area contributed by atoms with Crippen molar-refractivity contribution in [1.82, 2.24) is 19.5 Å². The van der Waals surface area contributed by atoms with Crippen molar-refractivity contribution in [3.05, 3.63) is 60.8 Å². The molecule has 0 bridgehead atoms. The molecular formula is C18H14N4O2. The molecule has 0 unspecified atom stereocenters. The van der Waals surface area contributed by atoms with E-state index in [1.807, 2.05) is 35.9 Å². The Kier molecular flexibility index (Phi) is 3.16. The zero-order valence-electron chi connectivity index (χ0n) is 12.9. The number of benzene rings is 2. The molecule has 0 aliphatic carbocycles. The van der Waals surface area contributed by atoms with Gasteiger partial charge in [0, 0.05) is 29.0 Å². The van der Waals surface area contributed by atoms with Crippen LogP contribution in [0.4, 0.5) is 0 Å². The van der Waals surface area contributed by atoms with Crippen molar-refractivity contribution in [2.45, 2.75) is 6.92 Å². The summed E-state index contributed by atoms with van der Waals surface area (Å²) in [6.07, 6.45) is 5.47. The van der Waals surface area contributed by atoms with Crippen LogP contribution in [-0.4, -0.2) is 29.7 Å². The fraction of sp³-hybridized carbons (Fsp3) is 0.0556. The second-order valence-corrected chi connectivity index (χ2v) is 5.56. The largest absolute Gasteiger partial charge is 0.504 e. The highest BCUT2D eigenvalue weighted by Crippen LogP contribution is 2.29. The number of fused-ring (bicyclic) bond motifs is 1. The van der Waals surface area contributed by atoms with Crippen LogP contribution >= 0.6 is 0 Å². The molecule has 0 amide bonds. The number of phenols is 2. The molecule has 2 N–H and O–H groups in total. The number of aromatic hydroxyl groups is 2. The third-order valence-electron chi connectivity index (χ3n) is 3.81. The number of nitrogens with zero attached hydrogens (tertiary/aromatic N) is 4. The first-order chi connectivity index (χ1) is 11.6. The number of rotatable bonds is 2. The number of hydrogen-bond acceptors (Lipinski definition) is 5. The highest BCUT2D eigenvalue weighted by Gasteiger charge is 2.08. The predicted molar refractivity (Wildman–Crippen MR) is 90.2 cm³/mol. The molecular weight excluding hydrogens is 304 g/mol. The van der Waals surface area contributed by atoms with Gasteiger partial charge in [0.2, 0.25) is 0 Å². The van der Waals surface area contributed by atoms with Crippen molar-refractivity contribution in [2.24, 2.45) is 0 Å². The SMILES string of the molecule is Cc1cn(-c2ccc3nc(-c4ccc(O)c(O)c4)ncc3c2)cn1. The lowest BCUT2D eigenvalue weighted by atomic mass is 10.1. The van der Waals surface area contributed by atoms with Crippen LogP contribution in [-0.2, 0) is 0 Å². The molecule has 2 heterocycles. The van der Waals surface area contributed by atoms with Gasteiger partial charge in [-0.25, -0.2) is 15.0 Å². The van der Waals surface area contributed by atoms with Crippen molar-refractivity contribution < 1.29 is 10.2 Å². The van der Waals surface area contributed by atoms with E-state index in [0.29, 0.717) is 11.4 Å². The van der Waals surface area contributed by atoms with Crippen molar-refractivity contribution in [3.8, 4) is 28.6 Å². The van der Waals surface area contributed by atoms with Gasteiger partial charge in [0.1, 0.15) is 0 Å². The standard InChI is InChI=1S/C18H14N4O2/c1-11-9-22(10-20-11)14-3-4-15-13(6-14)8-19-18(21-15)12-2-5-16(23)17(24)7-12/h2-10,23-24H,1H3. The Balaban J connectivity index is 1.77. The Morgan fingerprint density at radius 2 is 1.83 bits per heavy atom. The smallest absolute Gasteiger partial charge is 0.159 e. The van der Waals surface area contributed by atoms with Crippen LogP contribution in [0.1, 0.15) is 5.69 Å². The summed E-state index contributed by atoms with van der Waals surface area (Å²) in [5, 5.41) is 19.9. The van der Waals surface area contributed by atoms with E-state index < -0.39 is 0 Å². The van der Waals surface area contributed by atoms with Crippen molar-refractivity contribution in [2.75, 3.05) is 0 Å². The van der Waals surface area contributed by atoms with Gasteiger partial charge in [-0.1, -0.05) is 0 Å². The molecule has 0 saturated carbocycles. The van der Waals surface area contributed by atoms with Crippen LogP contribution < -0.4 is 0 Å². The van der Waals surface area contributed by atoms with E-state index in [1.54, 1.807) is 18.6 Å². The summed E-state index contributed by atoms with van der Waals surface area (Å²) in [5.41, 5.74) is 3.38. The lowest BCUT2D eigenvalue weighted by Gasteiger charge is -2.06. The zero-order chi connectivity index (χ0) is 16.7. The first-order valence-corrected chi connectivity index (χ1v) is 7.40. The van der Waals surface area contributed by atoms with E-state index in [-0.39, 0.29) is 11.5 Å². The minimum atomic E-state index is -0.193. The van der Waals surface area contributed by atoms with Gasteiger partial charge in [-0.2, -0.15) is 0 Å². The number of aromatic nitrogens is 4.